The molecule has 0 radical (unpaired) electrons. The first-order valence-corrected chi connectivity index (χ1v) is 33.1. The fraction of sp³-hybridized carbons (Fsp3) is 0.761. The lowest BCUT2D eigenvalue weighted by Gasteiger charge is -2.18. The maximum absolute atomic E-state index is 12.9. The molecule has 0 rings (SSSR count). The Labute approximate surface area is 477 Å². The van der Waals surface area contributed by atoms with Crippen LogP contribution in [0.4, 0.5) is 0 Å². The highest BCUT2D eigenvalue weighted by Crippen LogP contribution is 2.17. The van der Waals surface area contributed by atoms with Gasteiger partial charge in [0, 0.05) is 19.3 Å². The first kappa shape index (κ1) is 73.6. The Balaban J connectivity index is 4.40. The van der Waals surface area contributed by atoms with Gasteiger partial charge in [-0.15, -0.1) is 0 Å². The smallest absolute Gasteiger partial charge is 0.306 e. The summed E-state index contributed by atoms with van der Waals surface area (Å²) in [5.74, 6) is -0.932. The molecule has 0 saturated carbocycles. The van der Waals surface area contributed by atoms with E-state index in [1.165, 1.54) is 186 Å². The first-order valence-electron chi connectivity index (χ1n) is 33.1. The van der Waals surface area contributed by atoms with E-state index in [1.807, 2.05) is 0 Å². The summed E-state index contributed by atoms with van der Waals surface area (Å²) in [6.45, 7) is 6.52. The molecule has 1 unspecified atom stereocenters. The van der Waals surface area contributed by atoms with Crippen molar-refractivity contribution in [1.82, 2.24) is 0 Å². The summed E-state index contributed by atoms with van der Waals surface area (Å²) >= 11 is 0. The van der Waals surface area contributed by atoms with E-state index in [4.69, 9.17) is 14.2 Å². The normalized spacial score (nSPS) is 12.6. The van der Waals surface area contributed by atoms with Gasteiger partial charge < -0.3 is 14.2 Å². The van der Waals surface area contributed by atoms with E-state index >= 15 is 0 Å². The summed E-state index contributed by atoms with van der Waals surface area (Å²) in [7, 11) is 0. The zero-order valence-corrected chi connectivity index (χ0v) is 51.0. The lowest BCUT2D eigenvalue weighted by Crippen LogP contribution is -2.30. The molecule has 77 heavy (non-hydrogen) atoms. The predicted molar refractivity (Wildman–Crippen MR) is 334 cm³/mol. The van der Waals surface area contributed by atoms with Crippen molar-refractivity contribution in [3.63, 3.8) is 0 Å². The van der Waals surface area contributed by atoms with Crippen molar-refractivity contribution < 1.29 is 28.6 Å². The van der Waals surface area contributed by atoms with Crippen molar-refractivity contribution >= 4 is 17.9 Å². The second-order valence-electron chi connectivity index (χ2n) is 22.0. The average Bonchev–Trinajstić information content (AvgIpc) is 3.43. The second-order valence-corrected chi connectivity index (χ2v) is 22.0. The molecule has 1 atom stereocenters. The molecule has 0 spiro atoms. The highest BCUT2D eigenvalue weighted by molar-refractivity contribution is 5.71. The van der Waals surface area contributed by atoms with Gasteiger partial charge in [0.15, 0.2) is 6.10 Å². The van der Waals surface area contributed by atoms with Crippen LogP contribution in [-0.2, 0) is 28.6 Å². The Morgan fingerprint density at radius 1 is 0.273 bits per heavy atom. The number of hydrogen-bond donors (Lipinski definition) is 0. The van der Waals surface area contributed by atoms with Gasteiger partial charge in [-0.3, -0.25) is 14.4 Å². The van der Waals surface area contributed by atoms with E-state index in [-0.39, 0.29) is 37.5 Å². The zero-order valence-electron chi connectivity index (χ0n) is 51.0. The van der Waals surface area contributed by atoms with Crippen LogP contribution in [0.1, 0.15) is 329 Å². The molecule has 0 fully saturated rings. The van der Waals surface area contributed by atoms with Crippen LogP contribution in [0, 0.1) is 0 Å². The quantitative estimate of drug-likeness (QED) is 0.0261. The fourth-order valence-electron chi connectivity index (χ4n) is 9.44. The van der Waals surface area contributed by atoms with Gasteiger partial charge in [0.2, 0.25) is 0 Å². The minimum Gasteiger partial charge on any atom is -0.462 e. The van der Waals surface area contributed by atoms with Crippen molar-refractivity contribution in [1.29, 1.82) is 0 Å². The molecule has 0 saturated heterocycles. The molecule has 0 N–H and O–H groups in total. The number of hydrogen-bond acceptors (Lipinski definition) is 6. The Morgan fingerprint density at radius 2 is 0.506 bits per heavy atom. The molecule has 0 aliphatic heterocycles. The van der Waals surface area contributed by atoms with Crippen LogP contribution in [0.5, 0.6) is 0 Å². The van der Waals surface area contributed by atoms with E-state index in [9.17, 15) is 14.4 Å². The molecular formula is C71H124O6. The largest absolute Gasteiger partial charge is 0.462 e. The Morgan fingerprint density at radius 3 is 0.831 bits per heavy atom. The highest BCUT2D eigenvalue weighted by Gasteiger charge is 2.19. The summed E-state index contributed by atoms with van der Waals surface area (Å²) < 4.78 is 16.9. The number of rotatable bonds is 60. The summed E-state index contributed by atoms with van der Waals surface area (Å²) in [5, 5.41) is 0. The van der Waals surface area contributed by atoms with Crippen LogP contribution in [0.15, 0.2) is 85.1 Å². The molecule has 0 aromatic heterocycles. The Kier molecular flexibility index (Phi) is 62.2. The third-order valence-electron chi connectivity index (χ3n) is 14.4. The SMILES string of the molecule is CC/C=C\C/C=C\C/C=C\C/C=C\C/C=C\C/C=C\CCCCC(=O)OC(COC(=O)CCCCCCC/C=C\CCCCCCCC)COC(=O)CCCCCCCCCCCCCCCCCCCCCCCCC. The van der Waals surface area contributed by atoms with Crippen molar-refractivity contribution in [3.8, 4) is 0 Å². The minimum atomic E-state index is -0.803. The van der Waals surface area contributed by atoms with Gasteiger partial charge in [0.25, 0.3) is 0 Å². The molecule has 0 bridgehead atoms. The highest BCUT2D eigenvalue weighted by atomic mass is 16.6. The molecular weight excluding hydrogens is 949 g/mol. The maximum Gasteiger partial charge on any atom is 0.306 e. The van der Waals surface area contributed by atoms with Gasteiger partial charge in [0.05, 0.1) is 0 Å². The molecule has 0 aliphatic carbocycles. The van der Waals surface area contributed by atoms with Crippen molar-refractivity contribution in [2.45, 2.75) is 335 Å². The molecule has 0 aromatic carbocycles. The van der Waals surface area contributed by atoms with Crippen molar-refractivity contribution in [3.05, 3.63) is 85.1 Å². The molecule has 6 nitrogen and oxygen atoms in total. The molecule has 0 amide bonds. The van der Waals surface area contributed by atoms with Gasteiger partial charge in [-0.25, -0.2) is 0 Å². The lowest BCUT2D eigenvalue weighted by molar-refractivity contribution is -0.167. The third kappa shape index (κ3) is 63.3. The van der Waals surface area contributed by atoms with Crippen LogP contribution < -0.4 is 0 Å². The monoisotopic (exact) mass is 1070 g/mol. The van der Waals surface area contributed by atoms with E-state index in [1.54, 1.807) is 0 Å². The summed E-state index contributed by atoms with van der Waals surface area (Å²) in [6.07, 6.45) is 86.0. The minimum absolute atomic E-state index is 0.0941. The molecule has 0 heterocycles. The van der Waals surface area contributed by atoms with Crippen LogP contribution in [0.25, 0.3) is 0 Å². The van der Waals surface area contributed by atoms with Crippen LogP contribution in [-0.4, -0.2) is 37.2 Å². The van der Waals surface area contributed by atoms with Gasteiger partial charge in [-0.2, -0.15) is 0 Å². The zero-order chi connectivity index (χ0) is 55.7. The molecule has 6 heteroatoms. The Hall–Kier alpha value is -3.41. The molecule has 0 aromatic rings. The number of esters is 3. The van der Waals surface area contributed by atoms with Gasteiger partial charge in [0.1, 0.15) is 13.2 Å². The first-order chi connectivity index (χ1) is 38.0. The van der Waals surface area contributed by atoms with E-state index in [2.05, 4.69) is 106 Å². The van der Waals surface area contributed by atoms with Crippen LogP contribution >= 0.6 is 0 Å². The fourth-order valence-corrected chi connectivity index (χ4v) is 9.44. The van der Waals surface area contributed by atoms with Crippen molar-refractivity contribution in [2.75, 3.05) is 13.2 Å². The molecule has 444 valence electrons. The lowest BCUT2D eigenvalue weighted by atomic mass is 10.0. The van der Waals surface area contributed by atoms with Gasteiger partial charge >= 0.3 is 17.9 Å². The number of carbonyl (C=O) groups excluding carboxylic acids is 3. The van der Waals surface area contributed by atoms with Gasteiger partial charge in [-0.1, -0.05) is 298 Å². The van der Waals surface area contributed by atoms with E-state index < -0.39 is 6.10 Å². The summed E-state index contributed by atoms with van der Waals surface area (Å²) in [6, 6.07) is 0. The van der Waals surface area contributed by atoms with E-state index in [0.717, 1.165) is 96.3 Å². The van der Waals surface area contributed by atoms with E-state index in [0.29, 0.717) is 19.3 Å². The summed E-state index contributed by atoms with van der Waals surface area (Å²) in [4.78, 5) is 38.3. The van der Waals surface area contributed by atoms with Crippen molar-refractivity contribution in [2.24, 2.45) is 0 Å². The topological polar surface area (TPSA) is 78.9 Å². The standard InChI is InChI=1S/C71H124O6/c1-4-7-10-13-16-19-22-25-28-30-32-34-35-37-38-40-43-46-49-52-55-58-61-64-70(73)76-67-68(66-75-69(72)63-60-57-54-51-48-45-42-27-24-21-18-15-12-9-6-3)77-71(74)65-62-59-56-53-50-47-44-41-39-36-33-31-29-26-23-20-17-14-11-8-5-2/h8,11,17,20,26-27,29,33,36,41-42,44,50,53,68H,4-7,9-10,12-16,18-19,21-25,28,30-32,34-35,37-40,43,45-49,51-52,54-67H2,1-3H3/b11-8-,20-17-,29-26-,36-33-,42-27-,44-41-,53-50-. The Bertz CT molecular complexity index is 1470. The van der Waals surface area contributed by atoms with Crippen LogP contribution in [0.3, 0.4) is 0 Å². The van der Waals surface area contributed by atoms with Gasteiger partial charge in [-0.05, 0) is 96.3 Å². The average molecular weight is 1070 g/mol. The number of allylic oxidation sites excluding steroid dienone is 14. The predicted octanol–water partition coefficient (Wildman–Crippen LogP) is 22.7. The number of carbonyl (C=O) groups is 3. The summed E-state index contributed by atoms with van der Waals surface area (Å²) in [5.41, 5.74) is 0. The number of unbranched alkanes of at least 4 members (excludes halogenated alkanes) is 35. The maximum atomic E-state index is 12.9. The van der Waals surface area contributed by atoms with Crippen LogP contribution in [0.2, 0.25) is 0 Å². The second kappa shape index (κ2) is 65.1. The number of ether oxygens (including phenoxy) is 3. The molecule has 0 aliphatic rings. The third-order valence-corrected chi connectivity index (χ3v) is 14.4.